The van der Waals surface area contributed by atoms with E-state index in [2.05, 4.69) is 269 Å². The summed E-state index contributed by atoms with van der Waals surface area (Å²) >= 11 is 1.89. The van der Waals surface area contributed by atoms with Gasteiger partial charge in [-0.3, -0.25) is 0 Å². The van der Waals surface area contributed by atoms with E-state index in [9.17, 15) is 0 Å². The standard InChI is InChI=1S/C68H43N3OS/c1-4-19-46(20-5-1)69(49-34-37-65-60(41-49)56-27-13-16-30-64(56)72-65)51-38-45(59-43-61-57-28-14-17-31-66(57)73-68(61)58-35-32-44-18-10-11-25-53(44)67(58)59)39-52(40-51)70(47-21-6-2-7-22-47)50-33-36-55-54-26-12-15-29-62(54)71(63(55)42-50)48-23-8-3-9-24-48/h1-43H. The molecule has 0 amide bonds. The molecule has 0 aliphatic rings. The van der Waals surface area contributed by atoms with Crippen LogP contribution in [-0.2, 0) is 0 Å². The largest absolute Gasteiger partial charge is 0.456 e. The van der Waals surface area contributed by atoms with Crippen molar-refractivity contribution in [3.05, 3.63) is 261 Å². The second-order valence-electron chi connectivity index (χ2n) is 18.9. The van der Waals surface area contributed by atoms with Crippen molar-refractivity contribution in [1.29, 1.82) is 0 Å². The van der Waals surface area contributed by atoms with E-state index in [4.69, 9.17) is 4.42 Å². The average molecular weight is 950 g/mol. The molecule has 12 aromatic carbocycles. The second-order valence-corrected chi connectivity index (χ2v) is 19.9. The van der Waals surface area contributed by atoms with Crippen molar-refractivity contribution < 1.29 is 4.42 Å². The predicted octanol–water partition coefficient (Wildman–Crippen LogP) is 20.0. The Morgan fingerprint density at radius 1 is 0.329 bits per heavy atom. The first-order chi connectivity index (χ1) is 36.2. The van der Waals surface area contributed by atoms with Gasteiger partial charge in [0.1, 0.15) is 11.2 Å². The van der Waals surface area contributed by atoms with Gasteiger partial charge in [-0.05, 0) is 136 Å². The first kappa shape index (κ1) is 41.4. The molecule has 0 atom stereocenters. The fraction of sp³-hybridized carbons (Fsp3) is 0. The fourth-order valence-electron chi connectivity index (χ4n) is 11.5. The van der Waals surface area contributed by atoms with Gasteiger partial charge in [0.2, 0.25) is 0 Å². The summed E-state index contributed by atoms with van der Waals surface area (Å²) in [5, 5.41) is 12.1. The first-order valence-corrected chi connectivity index (χ1v) is 25.6. The number of nitrogens with zero attached hydrogens (tertiary/aromatic N) is 3. The zero-order valence-electron chi connectivity index (χ0n) is 39.5. The normalized spacial score (nSPS) is 11.8. The minimum absolute atomic E-state index is 0.862. The lowest BCUT2D eigenvalue weighted by Gasteiger charge is -2.30. The van der Waals surface area contributed by atoms with E-state index in [0.717, 1.165) is 72.8 Å². The lowest BCUT2D eigenvalue weighted by Crippen LogP contribution is -2.13. The molecule has 0 saturated heterocycles. The van der Waals surface area contributed by atoms with Crippen LogP contribution in [0, 0.1) is 0 Å². The lowest BCUT2D eigenvalue weighted by atomic mass is 9.91. The Morgan fingerprint density at radius 3 is 1.67 bits per heavy atom. The van der Waals surface area contributed by atoms with E-state index in [1.807, 2.05) is 17.4 Å². The third-order valence-corrected chi connectivity index (χ3v) is 15.9. The van der Waals surface area contributed by atoms with Crippen molar-refractivity contribution in [1.82, 2.24) is 4.57 Å². The number of aromatic nitrogens is 1. The molecule has 342 valence electrons. The van der Waals surface area contributed by atoms with E-state index in [1.54, 1.807) is 0 Å². The molecule has 73 heavy (non-hydrogen) atoms. The maximum atomic E-state index is 6.42. The molecule has 0 unspecified atom stereocenters. The molecule has 0 radical (unpaired) electrons. The van der Waals surface area contributed by atoms with Gasteiger partial charge < -0.3 is 18.8 Å². The molecule has 5 heteroatoms. The Balaban J connectivity index is 1.06. The Bertz CT molecular complexity index is 4630. The maximum Gasteiger partial charge on any atom is 0.135 e. The number of hydrogen-bond acceptors (Lipinski definition) is 4. The molecule has 0 bridgehead atoms. The first-order valence-electron chi connectivity index (χ1n) is 24.8. The van der Waals surface area contributed by atoms with Crippen molar-refractivity contribution in [2.75, 3.05) is 9.80 Å². The number of rotatable bonds is 8. The van der Waals surface area contributed by atoms with Gasteiger partial charge in [-0.15, -0.1) is 11.3 Å². The van der Waals surface area contributed by atoms with Crippen LogP contribution < -0.4 is 9.80 Å². The molecule has 0 saturated carbocycles. The number of furan rings is 1. The fourth-order valence-corrected chi connectivity index (χ4v) is 12.7. The number of hydrogen-bond donors (Lipinski definition) is 0. The van der Waals surface area contributed by atoms with Gasteiger partial charge in [-0.1, -0.05) is 152 Å². The second kappa shape index (κ2) is 16.6. The van der Waals surface area contributed by atoms with Crippen molar-refractivity contribution in [3.8, 4) is 16.8 Å². The average Bonchev–Trinajstić information content (AvgIpc) is 4.13. The maximum absolute atomic E-state index is 6.42. The molecule has 0 spiro atoms. The van der Waals surface area contributed by atoms with Gasteiger partial charge in [0, 0.05) is 86.9 Å². The Hall–Kier alpha value is -9.42. The van der Waals surface area contributed by atoms with Crippen LogP contribution in [0.4, 0.5) is 34.1 Å². The molecule has 0 aliphatic heterocycles. The highest BCUT2D eigenvalue weighted by Gasteiger charge is 2.24. The van der Waals surface area contributed by atoms with Crippen molar-refractivity contribution >= 4 is 131 Å². The molecule has 0 N–H and O–H groups in total. The predicted molar refractivity (Wildman–Crippen MR) is 311 cm³/mol. The summed E-state index contributed by atoms with van der Waals surface area (Å²) in [5.74, 6) is 0. The highest BCUT2D eigenvalue weighted by atomic mass is 32.1. The summed E-state index contributed by atoms with van der Waals surface area (Å²) in [4.78, 5) is 4.85. The van der Waals surface area contributed by atoms with Crippen LogP contribution in [0.1, 0.15) is 0 Å². The number of anilines is 6. The number of fused-ring (bicyclic) bond motifs is 13. The molecular formula is C68H43N3OS. The summed E-state index contributed by atoms with van der Waals surface area (Å²) in [7, 11) is 0. The molecule has 0 aliphatic carbocycles. The zero-order valence-corrected chi connectivity index (χ0v) is 40.3. The molecule has 3 heterocycles. The highest BCUT2D eigenvalue weighted by molar-refractivity contribution is 7.26. The van der Waals surface area contributed by atoms with Crippen LogP contribution in [0.15, 0.2) is 265 Å². The van der Waals surface area contributed by atoms with Gasteiger partial charge in [0.15, 0.2) is 0 Å². The Morgan fingerprint density at radius 2 is 0.904 bits per heavy atom. The van der Waals surface area contributed by atoms with E-state index in [-0.39, 0.29) is 0 Å². The van der Waals surface area contributed by atoms with Crippen LogP contribution >= 0.6 is 11.3 Å². The third kappa shape index (κ3) is 6.67. The summed E-state index contributed by atoms with van der Waals surface area (Å²) in [6.07, 6.45) is 0. The number of thiophene rings is 1. The minimum atomic E-state index is 0.862. The highest BCUT2D eigenvalue weighted by Crippen LogP contribution is 2.49. The molecule has 15 aromatic rings. The van der Waals surface area contributed by atoms with Crippen LogP contribution in [0.2, 0.25) is 0 Å². The zero-order chi connectivity index (χ0) is 48.0. The van der Waals surface area contributed by atoms with Gasteiger partial charge >= 0.3 is 0 Å². The SMILES string of the molecule is c1ccc(N(c2cc(-c3cc4c5ccccc5sc4c4ccc5ccccc5c34)cc(N(c3ccccc3)c3ccc4c5ccccc5n(-c5ccccc5)c4c3)c2)c2ccc3oc4ccccc4c3c2)cc1. The molecule has 15 rings (SSSR count). The number of benzene rings is 12. The van der Waals surface area contributed by atoms with E-state index in [1.165, 1.54) is 63.6 Å². The number of para-hydroxylation sites is 5. The van der Waals surface area contributed by atoms with Gasteiger partial charge in [-0.25, -0.2) is 0 Å². The third-order valence-electron chi connectivity index (χ3n) is 14.7. The quantitative estimate of drug-likeness (QED) is 0.142. The lowest BCUT2D eigenvalue weighted by molar-refractivity contribution is 0.669. The van der Waals surface area contributed by atoms with E-state index in [0.29, 0.717) is 0 Å². The topological polar surface area (TPSA) is 24.6 Å². The minimum Gasteiger partial charge on any atom is -0.456 e. The summed E-state index contributed by atoms with van der Waals surface area (Å²) in [6, 6.07) is 95.0. The molecule has 0 fully saturated rings. The van der Waals surface area contributed by atoms with Gasteiger partial charge in [0.25, 0.3) is 0 Å². The van der Waals surface area contributed by atoms with E-state index < -0.39 is 0 Å². The van der Waals surface area contributed by atoms with Crippen LogP contribution in [-0.4, -0.2) is 4.57 Å². The van der Waals surface area contributed by atoms with E-state index >= 15 is 0 Å². The van der Waals surface area contributed by atoms with Crippen molar-refractivity contribution in [2.24, 2.45) is 0 Å². The van der Waals surface area contributed by atoms with Gasteiger partial charge in [-0.2, -0.15) is 0 Å². The van der Waals surface area contributed by atoms with Gasteiger partial charge in [0.05, 0.1) is 11.0 Å². The van der Waals surface area contributed by atoms with Crippen molar-refractivity contribution in [3.63, 3.8) is 0 Å². The summed E-state index contributed by atoms with van der Waals surface area (Å²) < 4.78 is 11.4. The smallest absolute Gasteiger partial charge is 0.135 e. The summed E-state index contributed by atoms with van der Waals surface area (Å²) in [6.45, 7) is 0. The molecular weight excluding hydrogens is 907 g/mol. The van der Waals surface area contributed by atoms with Crippen LogP contribution in [0.3, 0.4) is 0 Å². The molecule has 3 aromatic heterocycles. The summed E-state index contributed by atoms with van der Waals surface area (Å²) in [5.41, 5.74) is 13.7. The Labute approximate surface area is 425 Å². The Kier molecular flexibility index (Phi) is 9.41. The monoisotopic (exact) mass is 949 g/mol. The molecule has 4 nitrogen and oxygen atoms in total. The van der Waals surface area contributed by atoms with Crippen LogP contribution in [0.25, 0.3) is 102 Å². The van der Waals surface area contributed by atoms with Crippen molar-refractivity contribution in [2.45, 2.75) is 0 Å². The van der Waals surface area contributed by atoms with Crippen LogP contribution in [0.5, 0.6) is 0 Å².